The van der Waals surface area contributed by atoms with Gasteiger partial charge in [-0.05, 0) is 49.4 Å². The fraction of sp³-hybridized carbons (Fsp3) is 0.333. The summed E-state index contributed by atoms with van der Waals surface area (Å²) >= 11 is 28.0. The summed E-state index contributed by atoms with van der Waals surface area (Å²) in [6.45, 7) is 6.74. The van der Waals surface area contributed by atoms with Crippen molar-refractivity contribution in [1.82, 2.24) is 4.90 Å². The first-order valence-electron chi connectivity index (χ1n) is 10.7. The van der Waals surface area contributed by atoms with Crippen molar-refractivity contribution in [2.24, 2.45) is 5.92 Å². The van der Waals surface area contributed by atoms with Crippen LogP contribution < -0.4 is 5.32 Å². The van der Waals surface area contributed by atoms with E-state index in [9.17, 15) is 19.2 Å². The average Bonchev–Trinajstić information content (AvgIpc) is 3.06. The third-order valence-corrected chi connectivity index (χ3v) is 8.53. The summed E-state index contributed by atoms with van der Waals surface area (Å²) in [6, 6.07) is 2.20. The van der Waals surface area contributed by atoms with E-state index in [1.165, 1.54) is 0 Å². The number of nitrogens with zero attached hydrogens (tertiary/aromatic N) is 1. The number of hydrogen-bond donors (Lipinski definition) is 1. The summed E-state index contributed by atoms with van der Waals surface area (Å²) in [5.41, 5.74) is 1.90. The van der Waals surface area contributed by atoms with Crippen molar-refractivity contribution in [3.63, 3.8) is 0 Å². The minimum atomic E-state index is -1.33. The van der Waals surface area contributed by atoms with Crippen molar-refractivity contribution >= 4 is 91.7 Å². The standard InChI is InChI=1S/C24H21BrCl4N2O5/c1-9(2)5-13(24(35)36-8-14(32)30-12-6-10(3)17(25)11(4)7-12)31-22(33)15-16(23(31)34)19(27)21(29)20(28)18(15)26/h6-7,9,13H,5,8H2,1-4H3,(H,30,32)/t13-/m1/s1. The van der Waals surface area contributed by atoms with Gasteiger partial charge >= 0.3 is 5.97 Å². The SMILES string of the molecule is Cc1cc(NC(=O)COC(=O)[C@@H](CC(C)C)N2C(=O)c3c(Cl)c(Cl)c(Cl)c(Cl)c3C2=O)cc(C)c1Br. The highest BCUT2D eigenvalue weighted by Gasteiger charge is 2.47. The van der Waals surface area contributed by atoms with E-state index in [1.807, 2.05) is 13.8 Å². The van der Waals surface area contributed by atoms with E-state index in [-0.39, 0.29) is 43.6 Å². The zero-order chi connectivity index (χ0) is 27.1. The Bertz CT molecular complexity index is 1230. The van der Waals surface area contributed by atoms with Gasteiger partial charge in [-0.3, -0.25) is 19.3 Å². The molecule has 3 amide bonds. The molecule has 0 aliphatic carbocycles. The Morgan fingerprint density at radius 2 is 1.42 bits per heavy atom. The number of carbonyl (C=O) groups excluding carboxylic acids is 4. The second-order valence-corrected chi connectivity index (χ2v) is 11.0. The molecule has 12 heteroatoms. The minimum absolute atomic E-state index is 0.0771. The molecule has 0 fully saturated rings. The van der Waals surface area contributed by atoms with Crippen LogP contribution in [0.3, 0.4) is 0 Å². The number of fused-ring (bicyclic) bond motifs is 1. The Balaban J connectivity index is 1.82. The van der Waals surface area contributed by atoms with Gasteiger partial charge in [0.15, 0.2) is 6.61 Å². The lowest BCUT2D eigenvalue weighted by atomic mass is 10.0. The topological polar surface area (TPSA) is 92.8 Å². The lowest BCUT2D eigenvalue weighted by Gasteiger charge is -2.26. The number of amides is 3. The third-order valence-electron chi connectivity index (χ3n) is 5.48. The van der Waals surface area contributed by atoms with Crippen LogP contribution in [0.5, 0.6) is 0 Å². The number of anilines is 1. The average molecular weight is 639 g/mol. The van der Waals surface area contributed by atoms with E-state index in [1.54, 1.807) is 26.0 Å². The summed E-state index contributed by atoms with van der Waals surface area (Å²) in [4.78, 5) is 52.7. The van der Waals surface area contributed by atoms with Crippen molar-refractivity contribution in [3.05, 3.63) is 58.9 Å². The summed E-state index contributed by atoms with van der Waals surface area (Å²) in [5.74, 6) is -3.34. The molecule has 2 aromatic rings. The quantitative estimate of drug-likeness (QED) is 0.155. The first kappa shape index (κ1) is 28.7. The maximum absolute atomic E-state index is 13.2. The fourth-order valence-corrected chi connectivity index (χ4v) is 5.09. The number of esters is 1. The predicted molar refractivity (Wildman–Crippen MR) is 143 cm³/mol. The molecule has 1 heterocycles. The van der Waals surface area contributed by atoms with E-state index in [4.69, 9.17) is 51.1 Å². The first-order valence-corrected chi connectivity index (χ1v) is 13.0. The van der Waals surface area contributed by atoms with E-state index < -0.39 is 36.3 Å². The number of rotatable bonds is 7. The van der Waals surface area contributed by atoms with E-state index in [2.05, 4.69) is 21.2 Å². The van der Waals surface area contributed by atoms with Gasteiger partial charge in [-0.1, -0.05) is 76.2 Å². The zero-order valence-corrected chi connectivity index (χ0v) is 24.2. The van der Waals surface area contributed by atoms with Gasteiger partial charge in [0.25, 0.3) is 17.7 Å². The number of imide groups is 1. The number of aryl methyl sites for hydroxylation is 2. The highest BCUT2D eigenvalue weighted by atomic mass is 79.9. The fourth-order valence-electron chi connectivity index (χ4n) is 3.85. The maximum Gasteiger partial charge on any atom is 0.329 e. The van der Waals surface area contributed by atoms with Crippen LogP contribution in [0.2, 0.25) is 20.1 Å². The smallest absolute Gasteiger partial charge is 0.329 e. The molecule has 0 saturated heterocycles. The van der Waals surface area contributed by atoms with Gasteiger partial charge in [0.1, 0.15) is 6.04 Å². The van der Waals surface area contributed by atoms with Crippen LogP contribution >= 0.6 is 62.3 Å². The summed E-state index contributed by atoms with van der Waals surface area (Å²) in [6.07, 6.45) is 0.0771. The Hall–Kier alpha value is -1.84. The van der Waals surface area contributed by atoms with Crippen LogP contribution in [0, 0.1) is 19.8 Å². The van der Waals surface area contributed by atoms with Crippen LogP contribution in [-0.4, -0.2) is 41.2 Å². The molecule has 7 nitrogen and oxygen atoms in total. The number of ether oxygens (including phenoxy) is 1. The molecule has 0 radical (unpaired) electrons. The van der Waals surface area contributed by atoms with E-state index >= 15 is 0 Å². The molecule has 2 aromatic carbocycles. The molecule has 1 aliphatic heterocycles. The Morgan fingerprint density at radius 3 is 1.86 bits per heavy atom. The van der Waals surface area contributed by atoms with Gasteiger partial charge in [-0.15, -0.1) is 0 Å². The molecule has 0 saturated carbocycles. The monoisotopic (exact) mass is 636 g/mol. The van der Waals surface area contributed by atoms with Gasteiger partial charge in [0.2, 0.25) is 0 Å². The van der Waals surface area contributed by atoms with Gasteiger partial charge < -0.3 is 10.1 Å². The number of hydrogen-bond acceptors (Lipinski definition) is 5. The van der Waals surface area contributed by atoms with Crippen molar-refractivity contribution < 1.29 is 23.9 Å². The Kier molecular flexibility index (Phi) is 8.99. The van der Waals surface area contributed by atoms with Crippen molar-refractivity contribution in [3.8, 4) is 0 Å². The number of carbonyl (C=O) groups is 4. The second kappa shape index (κ2) is 11.3. The largest absolute Gasteiger partial charge is 0.454 e. The van der Waals surface area contributed by atoms with Gasteiger partial charge in [0.05, 0.1) is 31.2 Å². The maximum atomic E-state index is 13.2. The van der Waals surface area contributed by atoms with Crippen molar-refractivity contribution in [2.75, 3.05) is 11.9 Å². The highest BCUT2D eigenvalue weighted by Crippen LogP contribution is 2.45. The molecule has 0 bridgehead atoms. The molecule has 36 heavy (non-hydrogen) atoms. The Morgan fingerprint density at radius 1 is 0.944 bits per heavy atom. The molecule has 192 valence electrons. The second-order valence-electron chi connectivity index (χ2n) is 8.71. The van der Waals surface area contributed by atoms with Crippen LogP contribution in [0.25, 0.3) is 0 Å². The minimum Gasteiger partial charge on any atom is -0.454 e. The number of nitrogens with one attached hydrogen (secondary N) is 1. The molecular weight excluding hydrogens is 618 g/mol. The number of benzene rings is 2. The molecule has 0 unspecified atom stereocenters. The van der Waals surface area contributed by atoms with Crippen molar-refractivity contribution in [1.29, 1.82) is 0 Å². The lowest BCUT2D eigenvalue weighted by Crippen LogP contribution is -2.47. The van der Waals surface area contributed by atoms with Gasteiger partial charge in [-0.2, -0.15) is 0 Å². The molecular formula is C24H21BrCl4N2O5. The van der Waals surface area contributed by atoms with Crippen LogP contribution in [-0.2, 0) is 14.3 Å². The van der Waals surface area contributed by atoms with Crippen molar-refractivity contribution in [2.45, 2.75) is 40.2 Å². The summed E-state index contributed by atoms with van der Waals surface area (Å²) in [7, 11) is 0. The first-order chi connectivity index (χ1) is 16.8. The molecule has 0 spiro atoms. The molecule has 1 aliphatic rings. The lowest BCUT2D eigenvalue weighted by molar-refractivity contribution is -0.151. The van der Waals surface area contributed by atoms with Gasteiger partial charge in [0, 0.05) is 10.2 Å². The molecule has 0 aromatic heterocycles. The summed E-state index contributed by atoms with van der Waals surface area (Å²) < 4.78 is 6.14. The number of halogens is 5. The molecule has 1 atom stereocenters. The summed E-state index contributed by atoms with van der Waals surface area (Å²) in [5, 5.41) is 1.83. The van der Waals surface area contributed by atoms with Crippen LogP contribution in [0.4, 0.5) is 5.69 Å². The Labute approximate surface area is 236 Å². The van der Waals surface area contributed by atoms with Crippen LogP contribution in [0.1, 0.15) is 52.1 Å². The molecule has 1 N–H and O–H groups in total. The molecule has 3 rings (SSSR count). The highest BCUT2D eigenvalue weighted by molar-refractivity contribution is 9.10. The van der Waals surface area contributed by atoms with E-state index in [0.29, 0.717) is 5.69 Å². The normalized spacial score (nSPS) is 13.8. The van der Waals surface area contributed by atoms with Crippen LogP contribution in [0.15, 0.2) is 16.6 Å². The predicted octanol–water partition coefficient (Wildman–Crippen LogP) is 6.87. The third kappa shape index (κ3) is 5.53. The van der Waals surface area contributed by atoms with Gasteiger partial charge in [-0.25, -0.2) is 4.79 Å². The zero-order valence-electron chi connectivity index (χ0n) is 19.6. The van der Waals surface area contributed by atoms with E-state index in [0.717, 1.165) is 20.5 Å².